The number of allylic oxidation sites excluding steroid dienone is 15. The molecular weight excluding hydrogens is 819 g/mol. The zero-order valence-corrected chi connectivity index (χ0v) is 44.4. The van der Waals surface area contributed by atoms with Gasteiger partial charge < -0.3 is 15.5 Å². The normalized spacial score (nSPS) is 13.6. The Morgan fingerprint density at radius 3 is 1.04 bits per heavy atom. The second-order valence-electron chi connectivity index (χ2n) is 19.3. The van der Waals surface area contributed by atoms with Crippen LogP contribution in [0.25, 0.3) is 0 Å². The van der Waals surface area contributed by atoms with Crippen molar-refractivity contribution in [1.82, 2.24) is 5.32 Å². The molecule has 67 heavy (non-hydrogen) atoms. The minimum atomic E-state index is -0.871. The van der Waals surface area contributed by atoms with Crippen molar-refractivity contribution >= 4 is 5.91 Å². The van der Waals surface area contributed by atoms with Gasteiger partial charge in [-0.25, -0.2) is 0 Å². The van der Waals surface area contributed by atoms with Crippen molar-refractivity contribution in [3.05, 3.63) is 97.2 Å². The van der Waals surface area contributed by atoms with Crippen molar-refractivity contribution in [3.63, 3.8) is 0 Å². The number of unbranched alkanes of at least 4 members (excludes halogenated alkanes) is 31. The Labute approximate surface area is 417 Å². The first-order valence-corrected chi connectivity index (χ1v) is 29.0. The molecule has 2 atom stereocenters. The number of hydrogen-bond acceptors (Lipinski definition) is 3. The number of rotatable bonds is 52. The molecule has 3 N–H and O–H groups in total. The van der Waals surface area contributed by atoms with Crippen molar-refractivity contribution in [2.45, 2.75) is 289 Å². The molecule has 2 unspecified atom stereocenters. The first kappa shape index (κ1) is 64.3. The molecule has 386 valence electrons. The monoisotopic (exact) mass is 930 g/mol. The van der Waals surface area contributed by atoms with E-state index < -0.39 is 12.1 Å². The van der Waals surface area contributed by atoms with Crippen LogP contribution in [0.1, 0.15) is 277 Å². The maximum Gasteiger partial charge on any atom is 0.220 e. The Morgan fingerprint density at radius 2 is 0.672 bits per heavy atom. The summed E-state index contributed by atoms with van der Waals surface area (Å²) in [6, 6.07) is -0.649. The highest BCUT2D eigenvalue weighted by Crippen LogP contribution is 2.16. The van der Waals surface area contributed by atoms with Crippen molar-refractivity contribution < 1.29 is 15.0 Å². The second kappa shape index (κ2) is 57.6. The summed E-state index contributed by atoms with van der Waals surface area (Å²) in [6.45, 7) is 4.20. The van der Waals surface area contributed by atoms with Crippen molar-refractivity contribution in [2.75, 3.05) is 6.61 Å². The molecule has 4 nitrogen and oxygen atoms in total. The molecule has 0 fully saturated rings. The van der Waals surface area contributed by atoms with E-state index in [0.717, 1.165) is 70.6 Å². The van der Waals surface area contributed by atoms with Crippen molar-refractivity contribution in [3.8, 4) is 0 Å². The maximum absolute atomic E-state index is 12.5. The number of hydrogen-bond donors (Lipinski definition) is 3. The van der Waals surface area contributed by atoms with Gasteiger partial charge in [0.2, 0.25) is 5.91 Å². The molecule has 0 aromatic carbocycles. The van der Waals surface area contributed by atoms with Crippen LogP contribution in [0, 0.1) is 0 Å². The fourth-order valence-corrected chi connectivity index (χ4v) is 8.43. The number of carbonyl (C=O) groups is 1. The van der Waals surface area contributed by atoms with E-state index in [1.807, 2.05) is 6.08 Å². The van der Waals surface area contributed by atoms with Gasteiger partial charge in [0, 0.05) is 6.42 Å². The summed E-state index contributed by atoms with van der Waals surface area (Å²) in [5.41, 5.74) is 0. The summed E-state index contributed by atoms with van der Waals surface area (Å²) in [5, 5.41) is 23.2. The summed E-state index contributed by atoms with van der Waals surface area (Å²) in [7, 11) is 0. The predicted molar refractivity (Wildman–Crippen MR) is 299 cm³/mol. The highest BCUT2D eigenvalue weighted by atomic mass is 16.3. The Bertz CT molecular complexity index is 1240. The van der Waals surface area contributed by atoms with E-state index in [2.05, 4.69) is 104 Å². The first-order valence-electron chi connectivity index (χ1n) is 29.0. The molecule has 0 aliphatic heterocycles. The number of amides is 1. The third-order valence-corrected chi connectivity index (χ3v) is 12.8. The molecule has 1 amide bonds. The molecular formula is C63H111NO3. The van der Waals surface area contributed by atoms with Gasteiger partial charge in [-0.2, -0.15) is 0 Å². The molecule has 0 saturated heterocycles. The quantitative estimate of drug-likeness (QED) is 0.0420. The zero-order valence-electron chi connectivity index (χ0n) is 44.4. The molecule has 0 spiro atoms. The van der Waals surface area contributed by atoms with Gasteiger partial charge in [0.05, 0.1) is 18.8 Å². The molecule has 0 radical (unpaired) electrons. The lowest BCUT2D eigenvalue weighted by Crippen LogP contribution is -2.45. The van der Waals surface area contributed by atoms with E-state index in [-0.39, 0.29) is 12.5 Å². The van der Waals surface area contributed by atoms with Crippen LogP contribution in [0.3, 0.4) is 0 Å². The molecule has 0 aliphatic carbocycles. The third kappa shape index (κ3) is 54.1. The second-order valence-corrected chi connectivity index (χ2v) is 19.3. The number of nitrogens with one attached hydrogen (secondary N) is 1. The summed E-state index contributed by atoms with van der Waals surface area (Å²) in [4.78, 5) is 12.5. The summed E-state index contributed by atoms with van der Waals surface area (Å²) in [6.07, 6.45) is 85.7. The van der Waals surface area contributed by atoms with E-state index >= 15 is 0 Å². The number of carbonyl (C=O) groups excluding carboxylic acids is 1. The largest absolute Gasteiger partial charge is 0.394 e. The SMILES string of the molecule is CC/C=C\C/C=C\C/C=C\C/C=C\C/C=C\C/C=C\CCCCCCCCCCCCC(=O)NC(CO)C(O)/C=C/CC/C=C/CCCCCCCCCCCCCCCCCCCCCC. The van der Waals surface area contributed by atoms with Crippen molar-refractivity contribution in [1.29, 1.82) is 0 Å². The van der Waals surface area contributed by atoms with Crippen molar-refractivity contribution in [2.24, 2.45) is 0 Å². The highest BCUT2D eigenvalue weighted by Gasteiger charge is 2.18. The smallest absolute Gasteiger partial charge is 0.220 e. The van der Waals surface area contributed by atoms with Gasteiger partial charge in [-0.15, -0.1) is 0 Å². The van der Waals surface area contributed by atoms with Crippen LogP contribution in [-0.4, -0.2) is 34.9 Å². The fraction of sp³-hybridized carbons (Fsp3) is 0.730. The van der Waals surface area contributed by atoms with Crippen LogP contribution < -0.4 is 5.32 Å². The average Bonchev–Trinajstić information content (AvgIpc) is 3.33. The number of aliphatic hydroxyl groups excluding tert-OH is 2. The lowest BCUT2D eigenvalue weighted by molar-refractivity contribution is -0.123. The fourth-order valence-electron chi connectivity index (χ4n) is 8.43. The van der Waals surface area contributed by atoms with Gasteiger partial charge in [-0.1, -0.05) is 284 Å². The molecule has 0 saturated carbocycles. The summed E-state index contributed by atoms with van der Waals surface area (Å²) < 4.78 is 0. The summed E-state index contributed by atoms with van der Waals surface area (Å²) >= 11 is 0. The minimum absolute atomic E-state index is 0.0801. The van der Waals surface area contributed by atoms with Crippen LogP contribution in [0.4, 0.5) is 0 Å². The molecule has 0 aromatic heterocycles. The van der Waals surface area contributed by atoms with Gasteiger partial charge in [0.25, 0.3) is 0 Å². The lowest BCUT2D eigenvalue weighted by Gasteiger charge is -2.19. The Hall–Kier alpha value is -2.69. The predicted octanol–water partition coefficient (Wildman–Crippen LogP) is 19.3. The molecule has 0 rings (SSSR count). The van der Waals surface area contributed by atoms with Crippen LogP contribution in [0.15, 0.2) is 97.2 Å². The summed E-state index contributed by atoms with van der Waals surface area (Å²) in [5.74, 6) is -0.0801. The standard InChI is InChI=1S/C63H111NO3/c1-3-5-7-9-11-13-15-17-19-21-23-25-27-29-31-32-33-35-37-39-41-43-45-47-49-51-53-55-57-59-63(67)64-61(60-65)62(66)58-56-54-52-50-48-46-44-42-40-38-36-34-30-28-26-24-22-20-18-16-14-12-10-8-6-4-2/h5,7,11,13,17,19,23,25,29,31,33,35,48,50,56,58,61-62,65-66H,3-4,6,8-10,12,14-16,18,20-22,24,26-28,30,32,34,36-47,49,51-55,57,59-60H2,1-2H3,(H,64,67)/b7-5-,13-11-,19-17-,25-23-,31-29-,35-33-,50-48+,58-56+. The van der Waals surface area contributed by atoms with Gasteiger partial charge in [-0.05, 0) is 83.5 Å². The van der Waals surface area contributed by atoms with Gasteiger partial charge in [0.15, 0.2) is 0 Å². The Morgan fingerprint density at radius 1 is 0.373 bits per heavy atom. The minimum Gasteiger partial charge on any atom is -0.394 e. The molecule has 0 bridgehead atoms. The zero-order chi connectivity index (χ0) is 48.5. The van der Waals surface area contributed by atoms with E-state index in [0.29, 0.717) is 6.42 Å². The third-order valence-electron chi connectivity index (χ3n) is 12.8. The van der Waals surface area contributed by atoms with E-state index in [1.165, 1.54) is 186 Å². The van der Waals surface area contributed by atoms with Gasteiger partial charge in [0.1, 0.15) is 0 Å². The highest BCUT2D eigenvalue weighted by molar-refractivity contribution is 5.76. The molecule has 0 heterocycles. The van der Waals surface area contributed by atoms with Gasteiger partial charge >= 0.3 is 0 Å². The van der Waals surface area contributed by atoms with E-state index in [4.69, 9.17) is 0 Å². The molecule has 0 aliphatic rings. The lowest BCUT2D eigenvalue weighted by atomic mass is 10.0. The van der Waals surface area contributed by atoms with E-state index in [9.17, 15) is 15.0 Å². The van der Waals surface area contributed by atoms with Crippen LogP contribution in [0.5, 0.6) is 0 Å². The van der Waals surface area contributed by atoms with Gasteiger partial charge in [-0.3, -0.25) is 4.79 Å². The maximum atomic E-state index is 12.5. The number of aliphatic hydroxyl groups is 2. The molecule has 4 heteroatoms. The molecule has 0 aromatic rings. The topological polar surface area (TPSA) is 69.6 Å². The van der Waals surface area contributed by atoms with Crippen LogP contribution in [0.2, 0.25) is 0 Å². The average molecular weight is 931 g/mol. The van der Waals surface area contributed by atoms with E-state index in [1.54, 1.807) is 6.08 Å². The Kier molecular flexibility index (Phi) is 55.3. The van der Waals surface area contributed by atoms with Crippen LogP contribution in [-0.2, 0) is 4.79 Å². The Balaban J connectivity index is 3.58. The van der Waals surface area contributed by atoms with Crippen LogP contribution >= 0.6 is 0 Å². The first-order chi connectivity index (χ1) is 33.2.